The number of ether oxygens (including phenoxy) is 1. The van der Waals surface area contributed by atoms with Crippen molar-refractivity contribution in [1.29, 1.82) is 0 Å². The first-order chi connectivity index (χ1) is 9.30. The molecular weight excluding hydrogens is 290 g/mol. The zero-order valence-corrected chi connectivity index (χ0v) is 15.7. The SMILES string of the molecule is CC(C)(C)OC(=O)N(CCO)CCOS(C)(C)C(C)(C)C. The number of aliphatic hydroxyl groups is 1. The zero-order valence-electron chi connectivity index (χ0n) is 14.9. The molecule has 1 N–H and O–H groups in total. The van der Waals surface area contributed by atoms with Crippen LogP contribution < -0.4 is 0 Å². The van der Waals surface area contributed by atoms with E-state index in [9.17, 15) is 4.79 Å². The Labute approximate surface area is 131 Å². The van der Waals surface area contributed by atoms with Crippen LogP contribution in [0.2, 0.25) is 0 Å². The van der Waals surface area contributed by atoms with Gasteiger partial charge in [0.15, 0.2) is 0 Å². The maximum absolute atomic E-state index is 12.0. The molecule has 0 aromatic rings. The van der Waals surface area contributed by atoms with Crippen LogP contribution in [0.25, 0.3) is 0 Å². The summed E-state index contributed by atoms with van der Waals surface area (Å²) in [4.78, 5) is 13.5. The van der Waals surface area contributed by atoms with E-state index in [1.165, 1.54) is 4.90 Å². The van der Waals surface area contributed by atoms with Gasteiger partial charge in [-0.2, -0.15) is 0 Å². The predicted octanol–water partition coefficient (Wildman–Crippen LogP) is 3.01. The summed E-state index contributed by atoms with van der Waals surface area (Å²) in [7, 11) is -1.21. The second-order valence-electron chi connectivity index (χ2n) is 7.36. The molecule has 0 heterocycles. The quantitative estimate of drug-likeness (QED) is 0.816. The van der Waals surface area contributed by atoms with Crippen molar-refractivity contribution in [1.82, 2.24) is 4.90 Å². The highest BCUT2D eigenvalue weighted by atomic mass is 32.3. The molecule has 128 valence electrons. The highest BCUT2D eigenvalue weighted by molar-refractivity contribution is 8.29. The molecule has 0 aromatic heterocycles. The molecule has 5 nitrogen and oxygen atoms in total. The van der Waals surface area contributed by atoms with Gasteiger partial charge in [-0.05, 0) is 33.3 Å². The topological polar surface area (TPSA) is 59.0 Å². The van der Waals surface area contributed by atoms with Crippen LogP contribution >= 0.6 is 10.3 Å². The lowest BCUT2D eigenvalue weighted by Gasteiger charge is -2.44. The predicted molar refractivity (Wildman–Crippen MR) is 90.0 cm³/mol. The van der Waals surface area contributed by atoms with Crippen LogP contribution in [0.5, 0.6) is 0 Å². The van der Waals surface area contributed by atoms with Crippen molar-refractivity contribution in [2.24, 2.45) is 0 Å². The molecule has 0 rings (SSSR count). The van der Waals surface area contributed by atoms with Gasteiger partial charge < -0.3 is 18.9 Å². The van der Waals surface area contributed by atoms with Gasteiger partial charge in [0, 0.05) is 17.8 Å². The van der Waals surface area contributed by atoms with Crippen LogP contribution in [0.15, 0.2) is 0 Å². The number of carbonyl (C=O) groups is 1. The normalized spacial score (nSPS) is 14.0. The third kappa shape index (κ3) is 7.93. The Balaban J connectivity index is 4.51. The van der Waals surface area contributed by atoms with Gasteiger partial charge in [-0.3, -0.25) is 0 Å². The van der Waals surface area contributed by atoms with Gasteiger partial charge in [-0.15, -0.1) is 10.3 Å². The molecule has 0 bridgehead atoms. The Morgan fingerprint density at radius 3 is 2.00 bits per heavy atom. The summed E-state index contributed by atoms with van der Waals surface area (Å²) < 4.78 is 11.4. The molecule has 1 amide bonds. The summed E-state index contributed by atoms with van der Waals surface area (Å²) in [6.07, 6.45) is 3.83. The van der Waals surface area contributed by atoms with Gasteiger partial charge in [0.25, 0.3) is 0 Å². The molecular formula is C15H33NO4S. The van der Waals surface area contributed by atoms with Crippen LogP contribution in [0.4, 0.5) is 4.79 Å². The van der Waals surface area contributed by atoms with E-state index >= 15 is 0 Å². The minimum atomic E-state index is -1.21. The maximum atomic E-state index is 12.0. The first kappa shape index (κ1) is 20.5. The van der Waals surface area contributed by atoms with E-state index < -0.39 is 22.0 Å². The summed E-state index contributed by atoms with van der Waals surface area (Å²) in [6.45, 7) is 13.0. The number of hydrogen-bond acceptors (Lipinski definition) is 4. The molecule has 0 aliphatic rings. The second-order valence-corrected chi connectivity index (χ2v) is 11.3. The fraction of sp³-hybridized carbons (Fsp3) is 0.933. The summed E-state index contributed by atoms with van der Waals surface area (Å²) in [5, 5.41) is 9.09. The number of nitrogens with zero attached hydrogens (tertiary/aromatic N) is 1. The molecule has 0 spiro atoms. The van der Waals surface area contributed by atoms with E-state index in [4.69, 9.17) is 14.0 Å². The lowest BCUT2D eigenvalue weighted by atomic mass is 10.2. The highest BCUT2D eigenvalue weighted by Gasteiger charge is 2.29. The van der Waals surface area contributed by atoms with Crippen molar-refractivity contribution >= 4 is 16.4 Å². The maximum Gasteiger partial charge on any atom is 0.410 e. The molecule has 0 aromatic carbocycles. The van der Waals surface area contributed by atoms with Crippen LogP contribution in [0, 0.1) is 0 Å². The van der Waals surface area contributed by atoms with Crippen molar-refractivity contribution in [2.75, 3.05) is 38.8 Å². The van der Waals surface area contributed by atoms with E-state index in [1.54, 1.807) is 0 Å². The molecule has 0 aliphatic heterocycles. The minimum absolute atomic E-state index is 0.0841. The number of hydrogen-bond donors (Lipinski definition) is 1. The van der Waals surface area contributed by atoms with Crippen molar-refractivity contribution in [2.45, 2.75) is 51.9 Å². The molecule has 0 unspecified atom stereocenters. The molecule has 21 heavy (non-hydrogen) atoms. The van der Waals surface area contributed by atoms with E-state index in [0.717, 1.165) is 0 Å². The van der Waals surface area contributed by atoms with Crippen LogP contribution in [0.3, 0.4) is 0 Å². The lowest BCUT2D eigenvalue weighted by molar-refractivity contribution is 0.0197. The molecule has 0 radical (unpaired) electrons. The van der Waals surface area contributed by atoms with E-state index in [0.29, 0.717) is 13.2 Å². The molecule has 0 saturated heterocycles. The number of rotatable bonds is 6. The Morgan fingerprint density at radius 1 is 1.10 bits per heavy atom. The van der Waals surface area contributed by atoms with E-state index in [1.807, 2.05) is 20.8 Å². The van der Waals surface area contributed by atoms with E-state index in [-0.39, 0.29) is 17.9 Å². The Kier molecular flexibility index (Phi) is 7.53. The lowest BCUT2D eigenvalue weighted by Crippen LogP contribution is -2.40. The largest absolute Gasteiger partial charge is 0.444 e. The van der Waals surface area contributed by atoms with E-state index in [2.05, 4.69) is 33.3 Å². The van der Waals surface area contributed by atoms with Gasteiger partial charge in [0.1, 0.15) is 5.60 Å². The van der Waals surface area contributed by atoms with Crippen molar-refractivity contribution in [3.05, 3.63) is 0 Å². The standard InChI is InChI=1S/C15H33NO4S/c1-14(2,3)20-13(18)16(9-11-17)10-12-19-21(7,8)15(4,5)6/h17H,9-12H2,1-8H3. The fourth-order valence-corrected chi connectivity index (χ4v) is 2.12. The smallest absolute Gasteiger partial charge is 0.410 e. The molecule has 0 aliphatic carbocycles. The molecule has 6 heteroatoms. The Morgan fingerprint density at radius 2 is 1.62 bits per heavy atom. The van der Waals surface area contributed by atoms with Crippen molar-refractivity contribution < 1.29 is 18.8 Å². The zero-order chi connectivity index (χ0) is 16.9. The second kappa shape index (κ2) is 7.70. The third-order valence-corrected chi connectivity index (χ3v) is 6.94. The van der Waals surface area contributed by atoms with Gasteiger partial charge in [-0.1, -0.05) is 20.8 Å². The third-order valence-electron chi connectivity index (χ3n) is 3.24. The van der Waals surface area contributed by atoms with Crippen molar-refractivity contribution in [3.8, 4) is 0 Å². The molecule has 0 fully saturated rings. The van der Waals surface area contributed by atoms with Gasteiger partial charge in [0.2, 0.25) is 0 Å². The first-order valence-electron chi connectivity index (χ1n) is 7.26. The van der Waals surface area contributed by atoms with Crippen LogP contribution in [0.1, 0.15) is 41.5 Å². The summed E-state index contributed by atoms with van der Waals surface area (Å²) in [6, 6.07) is 0. The van der Waals surface area contributed by atoms with Gasteiger partial charge in [-0.25, -0.2) is 4.79 Å². The Hall–Kier alpha value is -0.460. The van der Waals surface area contributed by atoms with Gasteiger partial charge in [0.05, 0.1) is 13.2 Å². The highest BCUT2D eigenvalue weighted by Crippen LogP contribution is 2.53. The summed E-state index contributed by atoms with van der Waals surface area (Å²) in [5.41, 5.74) is -0.540. The average molecular weight is 323 g/mol. The van der Waals surface area contributed by atoms with Crippen LogP contribution in [-0.2, 0) is 8.92 Å². The first-order valence-corrected chi connectivity index (χ1v) is 9.64. The average Bonchev–Trinajstić information content (AvgIpc) is 2.23. The van der Waals surface area contributed by atoms with Crippen LogP contribution in [-0.4, -0.2) is 65.3 Å². The number of amides is 1. The minimum Gasteiger partial charge on any atom is -0.444 e. The monoisotopic (exact) mass is 323 g/mol. The van der Waals surface area contributed by atoms with Crippen molar-refractivity contribution in [3.63, 3.8) is 0 Å². The van der Waals surface area contributed by atoms with Gasteiger partial charge >= 0.3 is 6.09 Å². The number of aliphatic hydroxyl groups excluding tert-OH is 1. The molecule has 0 atom stereocenters. The summed E-state index contributed by atoms with van der Waals surface area (Å²) in [5.74, 6) is 0. The summed E-state index contributed by atoms with van der Waals surface area (Å²) >= 11 is 0. The Bertz CT molecular complexity index is 332. The molecule has 0 saturated carbocycles. The number of carbonyl (C=O) groups excluding carboxylic acids is 1. The fourth-order valence-electron chi connectivity index (χ4n) is 1.27.